The second-order valence-electron chi connectivity index (χ2n) is 8.89. The first-order valence-corrected chi connectivity index (χ1v) is 12.9. The normalized spacial score (nSPS) is 14.7. The number of aryl methyl sites for hydroxylation is 1. The van der Waals surface area contributed by atoms with Crippen molar-refractivity contribution in [2.75, 3.05) is 37.4 Å². The van der Waals surface area contributed by atoms with Crippen LogP contribution in [0.2, 0.25) is 0 Å². The summed E-state index contributed by atoms with van der Waals surface area (Å²) in [6.45, 7) is 4.89. The summed E-state index contributed by atoms with van der Waals surface area (Å²) < 4.78 is 29.7. The number of nitrogens with zero attached hydrogens (tertiary/aromatic N) is 4. The highest BCUT2D eigenvalue weighted by molar-refractivity contribution is 7.89. The van der Waals surface area contributed by atoms with E-state index < -0.39 is 10.0 Å². The molecule has 0 unspecified atom stereocenters. The van der Waals surface area contributed by atoms with Crippen molar-refractivity contribution in [3.05, 3.63) is 65.5 Å². The molecule has 2 heterocycles. The second-order valence-corrected chi connectivity index (χ2v) is 10.8. The zero-order chi connectivity index (χ0) is 24.5. The summed E-state index contributed by atoms with van der Waals surface area (Å²) >= 11 is 0. The zero-order valence-electron chi connectivity index (χ0n) is 20.1. The van der Waals surface area contributed by atoms with E-state index in [1.807, 2.05) is 57.1 Å². The van der Waals surface area contributed by atoms with Gasteiger partial charge in [0.15, 0.2) is 0 Å². The van der Waals surface area contributed by atoms with E-state index in [-0.39, 0.29) is 10.8 Å². The molecule has 180 valence electrons. The Labute approximate surface area is 201 Å². The number of piperidine rings is 1. The molecular formula is C25H31N5O3S. The minimum absolute atomic E-state index is 0.183. The maximum Gasteiger partial charge on any atom is 0.259 e. The van der Waals surface area contributed by atoms with Gasteiger partial charge < -0.3 is 10.2 Å². The van der Waals surface area contributed by atoms with Crippen LogP contribution >= 0.6 is 0 Å². The van der Waals surface area contributed by atoms with Gasteiger partial charge in [0.1, 0.15) is 0 Å². The van der Waals surface area contributed by atoms with Crippen LogP contribution in [0.3, 0.4) is 0 Å². The Morgan fingerprint density at radius 2 is 1.76 bits per heavy atom. The van der Waals surface area contributed by atoms with E-state index in [0.717, 1.165) is 36.2 Å². The summed E-state index contributed by atoms with van der Waals surface area (Å²) in [6.07, 6.45) is 4.31. The van der Waals surface area contributed by atoms with E-state index >= 15 is 0 Å². The number of hydrogen-bond donors (Lipinski definition) is 1. The molecule has 1 saturated heterocycles. The summed E-state index contributed by atoms with van der Waals surface area (Å²) in [4.78, 5) is 15.3. The molecule has 34 heavy (non-hydrogen) atoms. The van der Waals surface area contributed by atoms with E-state index in [1.165, 1.54) is 10.5 Å². The molecule has 8 nitrogen and oxygen atoms in total. The lowest BCUT2D eigenvalue weighted by Gasteiger charge is -2.26. The maximum absolute atomic E-state index is 13.2. The largest absolute Gasteiger partial charge is 0.376 e. The molecule has 0 aliphatic carbocycles. The molecule has 4 rings (SSSR count). The fraction of sp³-hybridized carbons (Fsp3) is 0.360. The lowest BCUT2D eigenvalue weighted by atomic mass is 10.2. The predicted octanol–water partition coefficient (Wildman–Crippen LogP) is 3.98. The van der Waals surface area contributed by atoms with Crippen molar-refractivity contribution in [3.8, 4) is 5.69 Å². The van der Waals surface area contributed by atoms with E-state index in [1.54, 1.807) is 22.9 Å². The molecule has 0 bridgehead atoms. The first-order valence-electron chi connectivity index (χ1n) is 11.4. The van der Waals surface area contributed by atoms with Gasteiger partial charge in [0.05, 0.1) is 39.4 Å². The molecule has 0 atom stereocenters. The van der Waals surface area contributed by atoms with Crippen molar-refractivity contribution in [1.29, 1.82) is 0 Å². The van der Waals surface area contributed by atoms with Gasteiger partial charge in [0.25, 0.3) is 5.91 Å². The maximum atomic E-state index is 13.2. The fourth-order valence-electron chi connectivity index (χ4n) is 4.26. The molecule has 3 aromatic rings. The number of aromatic nitrogens is 2. The monoisotopic (exact) mass is 481 g/mol. The van der Waals surface area contributed by atoms with Crippen LogP contribution in [0.25, 0.3) is 5.69 Å². The van der Waals surface area contributed by atoms with Crippen molar-refractivity contribution in [2.45, 2.75) is 38.0 Å². The summed E-state index contributed by atoms with van der Waals surface area (Å²) in [6, 6.07) is 12.8. The van der Waals surface area contributed by atoms with Crippen molar-refractivity contribution >= 4 is 27.3 Å². The summed E-state index contributed by atoms with van der Waals surface area (Å²) in [5, 5.41) is 7.33. The standard InChI is InChI=1S/C25H31N5O3S/c1-18-9-8-10-20(15-18)30-19(2)22(17-26-30)25(31)27-23-16-21(11-12-24(23)28(3)4)34(32,33)29-13-6-5-7-14-29/h8-12,15-17H,5-7,13-14H2,1-4H3,(H,27,31). The fourth-order valence-corrected chi connectivity index (χ4v) is 5.81. The highest BCUT2D eigenvalue weighted by Gasteiger charge is 2.27. The van der Waals surface area contributed by atoms with Crippen LogP contribution in [0, 0.1) is 13.8 Å². The van der Waals surface area contributed by atoms with Gasteiger partial charge in [-0.25, -0.2) is 13.1 Å². The first kappa shape index (κ1) is 24.0. The second kappa shape index (κ2) is 9.60. The Bertz CT molecular complexity index is 1310. The average molecular weight is 482 g/mol. The molecule has 1 amide bonds. The van der Waals surface area contributed by atoms with Crippen LogP contribution in [0.1, 0.15) is 40.9 Å². The SMILES string of the molecule is Cc1cccc(-n2ncc(C(=O)Nc3cc(S(=O)(=O)N4CCCCC4)ccc3N(C)C)c2C)c1. The molecular weight excluding hydrogens is 450 g/mol. The molecule has 1 fully saturated rings. The Morgan fingerprint density at radius 1 is 1.03 bits per heavy atom. The van der Waals surface area contributed by atoms with Gasteiger partial charge in [0, 0.05) is 27.2 Å². The van der Waals surface area contributed by atoms with Gasteiger partial charge in [-0.15, -0.1) is 0 Å². The van der Waals surface area contributed by atoms with Gasteiger partial charge in [-0.2, -0.15) is 9.40 Å². The molecule has 0 spiro atoms. The zero-order valence-corrected chi connectivity index (χ0v) is 20.9. The number of hydrogen-bond acceptors (Lipinski definition) is 5. The first-order chi connectivity index (χ1) is 16.2. The topological polar surface area (TPSA) is 87.5 Å². The third-order valence-electron chi connectivity index (χ3n) is 6.15. The molecule has 1 aliphatic heterocycles. The number of benzene rings is 2. The Morgan fingerprint density at radius 3 is 2.44 bits per heavy atom. The van der Waals surface area contributed by atoms with Crippen LogP contribution in [-0.4, -0.2) is 55.6 Å². The Hall–Kier alpha value is -3.17. The van der Waals surface area contributed by atoms with Crippen LogP contribution in [-0.2, 0) is 10.0 Å². The summed E-state index contributed by atoms with van der Waals surface area (Å²) in [7, 11) is 0.0795. The smallest absolute Gasteiger partial charge is 0.259 e. The van der Waals surface area contributed by atoms with E-state index in [4.69, 9.17) is 0 Å². The van der Waals surface area contributed by atoms with Crippen LogP contribution in [0.4, 0.5) is 11.4 Å². The number of nitrogens with one attached hydrogen (secondary N) is 1. The van der Waals surface area contributed by atoms with Gasteiger partial charge in [-0.1, -0.05) is 18.6 Å². The predicted molar refractivity (Wildman–Crippen MR) is 134 cm³/mol. The molecule has 1 aliphatic rings. The van der Waals surface area contributed by atoms with Crippen LogP contribution in [0.5, 0.6) is 0 Å². The van der Waals surface area contributed by atoms with Crippen LogP contribution in [0.15, 0.2) is 53.6 Å². The van der Waals surface area contributed by atoms with Gasteiger partial charge in [-0.3, -0.25) is 4.79 Å². The number of carbonyl (C=O) groups is 1. The van der Waals surface area contributed by atoms with E-state index in [2.05, 4.69) is 10.4 Å². The van der Waals surface area contributed by atoms with Gasteiger partial charge in [-0.05, 0) is 62.6 Å². The third-order valence-corrected chi connectivity index (χ3v) is 8.05. The molecule has 9 heteroatoms. The third kappa shape index (κ3) is 4.71. The number of carbonyl (C=O) groups excluding carboxylic acids is 1. The molecule has 1 aromatic heterocycles. The summed E-state index contributed by atoms with van der Waals surface area (Å²) in [5.74, 6) is -0.341. The summed E-state index contributed by atoms with van der Waals surface area (Å²) in [5.41, 5.74) is 4.26. The highest BCUT2D eigenvalue weighted by atomic mass is 32.2. The Kier molecular flexibility index (Phi) is 6.77. The average Bonchev–Trinajstić information content (AvgIpc) is 3.21. The van der Waals surface area contributed by atoms with Crippen LogP contribution < -0.4 is 10.2 Å². The number of rotatable bonds is 6. The molecule has 1 N–H and O–H groups in total. The lowest BCUT2D eigenvalue weighted by molar-refractivity contribution is 0.102. The van der Waals surface area contributed by atoms with Crippen molar-refractivity contribution in [1.82, 2.24) is 14.1 Å². The quantitative estimate of drug-likeness (QED) is 0.575. The van der Waals surface area contributed by atoms with Gasteiger partial charge >= 0.3 is 0 Å². The molecule has 0 saturated carbocycles. The highest BCUT2D eigenvalue weighted by Crippen LogP contribution is 2.30. The van der Waals surface area contributed by atoms with Crippen molar-refractivity contribution < 1.29 is 13.2 Å². The van der Waals surface area contributed by atoms with Crippen molar-refractivity contribution in [3.63, 3.8) is 0 Å². The number of anilines is 2. The van der Waals surface area contributed by atoms with E-state index in [0.29, 0.717) is 30.0 Å². The van der Waals surface area contributed by atoms with Gasteiger partial charge in [0.2, 0.25) is 10.0 Å². The lowest BCUT2D eigenvalue weighted by Crippen LogP contribution is -2.35. The molecule has 0 radical (unpaired) electrons. The molecule has 2 aromatic carbocycles. The van der Waals surface area contributed by atoms with E-state index in [9.17, 15) is 13.2 Å². The Balaban J connectivity index is 1.65. The minimum atomic E-state index is -3.62. The van der Waals surface area contributed by atoms with Crippen molar-refractivity contribution in [2.24, 2.45) is 0 Å². The minimum Gasteiger partial charge on any atom is -0.376 e. The number of amides is 1. The number of sulfonamides is 1.